The van der Waals surface area contributed by atoms with E-state index in [1.807, 2.05) is 6.92 Å². The normalized spacial score (nSPS) is 29.2. The quantitative estimate of drug-likeness (QED) is 0.573. The van der Waals surface area contributed by atoms with Gasteiger partial charge in [0.2, 0.25) is 5.91 Å². The topological polar surface area (TPSA) is 78.5 Å². The number of carbonyl (C=O) groups excluding carboxylic acids is 3. The summed E-state index contributed by atoms with van der Waals surface area (Å²) in [4.78, 5) is 37.1. The molecule has 2 N–H and O–H groups in total. The molecular formula is C14H19N3O3. The van der Waals surface area contributed by atoms with Crippen LogP contribution in [0.4, 0.5) is 4.79 Å². The SMILES string of the molecule is C#CCNC(=O)CN1C(=O)N[C@@]2(CCCC[C@@H]2C)C1=O. The molecule has 2 atom stereocenters. The highest BCUT2D eigenvalue weighted by Crippen LogP contribution is 2.37. The van der Waals surface area contributed by atoms with E-state index < -0.39 is 17.5 Å². The molecule has 1 saturated heterocycles. The molecule has 1 aliphatic heterocycles. The van der Waals surface area contributed by atoms with Crippen molar-refractivity contribution in [1.29, 1.82) is 0 Å². The van der Waals surface area contributed by atoms with E-state index in [0.29, 0.717) is 6.42 Å². The molecule has 1 aliphatic carbocycles. The smallest absolute Gasteiger partial charge is 0.325 e. The van der Waals surface area contributed by atoms with Gasteiger partial charge >= 0.3 is 6.03 Å². The predicted octanol–water partition coefficient (Wildman–Crippen LogP) is 0.236. The zero-order chi connectivity index (χ0) is 14.8. The Balaban J connectivity index is 2.09. The Kier molecular flexibility index (Phi) is 3.98. The van der Waals surface area contributed by atoms with Gasteiger partial charge in [0.15, 0.2) is 0 Å². The molecule has 6 nitrogen and oxygen atoms in total. The fourth-order valence-electron chi connectivity index (χ4n) is 2.99. The van der Waals surface area contributed by atoms with Crippen molar-refractivity contribution in [2.24, 2.45) is 5.92 Å². The van der Waals surface area contributed by atoms with Gasteiger partial charge in [-0.15, -0.1) is 6.42 Å². The van der Waals surface area contributed by atoms with Crippen LogP contribution in [0.3, 0.4) is 0 Å². The number of hydrogen-bond acceptors (Lipinski definition) is 3. The zero-order valence-electron chi connectivity index (χ0n) is 11.6. The summed E-state index contributed by atoms with van der Waals surface area (Å²) in [6, 6.07) is -0.486. The maximum Gasteiger partial charge on any atom is 0.325 e. The summed E-state index contributed by atoms with van der Waals surface area (Å²) in [7, 11) is 0. The van der Waals surface area contributed by atoms with Crippen LogP contribution < -0.4 is 10.6 Å². The Morgan fingerprint density at radius 2 is 2.30 bits per heavy atom. The first-order valence-electron chi connectivity index (χ1n) is 6.85. The summed E-state index contributed by atoms with van der Waals surface area (Å²) >= 11 is 0. The molecule has 0 bridgehead atoms. The maximum absolute atomic E-state index is 12.5. The minimum atomic E-state index is -0.818. The van der Waals surface area contributed by atoms with Crippen LogP contribution in [0.25, 0.3) is 0 Å². The number of imide groups is 1. The Labute approximate surface area is 118 Å². The van der Waals surface area contributed by atoms with E-state index in [-0.39, 0.29) is 24.9 Å². The number of terminal acetylenes is 1. The average Bonchev–Trinajstić information content (AvgIpc) is 2.65. The fraction of sp³-hybridized carbons (Fsp3) is 0.643. The van der Waals surface area contributed by atoms with Gasteiger partial charge in [0.1, 0.15) is 12.1 Å². The van der Waals surface area contributed by atoms with Crippen LogP contribution in [0.15, 0.2) is 0 Å². The fourth-order valence-corrected chi connectivity index (χ4v) is 2.99. The van der Waals surface area contributed by atoms with Crippen LogP contribution in [0.2, 0.25) is 0 Å². The third-order valence-electron chi connectivity index (χ3n) is 4.19. The van der Waals surface area contributed by atoms with E-state index in [2.05, 4.69) is 16.6 Å². The van der Waals surface area contributed by atoms with E-state index >= 15 is 0 Å². The third-order valence-corrected chi connectivity index (χ3v) is 4.19. The Bertz CT molecular complexity index is 483. The summed E-state index contributed by atoms with van der Waals surface area (Å²) in [6.07, 6.45) is 8.57. The lowest BCUT2D eigenvalue weighted by molar-refractivity contribution is -0.137. The zero-order valence-corrected chi connectivity index (χ0v) is 11.6. The molecule has 6 heteroatoms. The van der Waals surface area contributed by atoms with E-state index in [4.69, 9.17) is 6.42 Å². The average molecular weight is 277 g/mol. The predicted molar refractivity (Wildman–Crippen MR) is 72.5 cm³/mol. The van der Waals surface area contributed by atoms with Crippen LogP contribution in [-0.2, 0) is 9.59 Å². The lowest BCUT2D eigenvalue weighted by Crippen LogP contribution is -2.54. The number of carbonyl (C=O) groups is 3. The molecular weight excluding hydrogens is 258 g/mol. The Morgan fingerprint density at radius 3 is 2.95 bits per heavy atom. The molecule has 0 unspecified atom stereocenters. The molecule has 20 heavy (non-hydrogen) atoms. The van der Waals surface area contributed by atoms with Gasteiger partial charge in [0.05, 0.1) is 6.54 Å². The van der Waals surface area contributed by atoms with Gasteiger partial charge in [-0.2, -0.15) is 0 Å². The molecule has 0 radical (unpaired) electrons. The van der Waals surface area contributed by atoms with Crippen LogP contribution >= 0.6 is 0 Å². The highest BCUT2D eigenvalue weighted by atomic mass is 16.2. The third kappa shape index (κ3) is 2.36. The van der Waals surface area contributed by atoms with Gasteiger partial charge in [-0.05, 0) is 18.8 Å². The first kappa shape index (κ1) is 14.4. The van der Waals surface area contributed by atoms with Crippen molar-refractivity contribution in [3.05, 3.63) is 0 Å². The molecule has 2 fully saturated rings. The highest BCUT2D eigenvalue weighted by Gasteiger charge is 2.55. The number of nitrogens with one attached hydrogen (secondary N) is 2. The number of nitrogens with zero attached hydrogens (tertiary/aromatic N) is 1. The van der Waals surface area contributed by atoms with E-state index in [1.54, 1.807) is 0 Å². The second-order valence-electron chi connectivity index (χ2n) is 5.42. The monoisotopic (exact) mass is 277 g/mol. The van der Waals surface area contributed by atoms with Crippen molar-refractivity contribution in [1.82, 2.24) is 15.5 Å². The number of urea groups is 1. The molecule has 4 amide bonds. The van der Waals surface area contributed by atoms with Crippen molar-refractivity contribution >= 4 is 17.8 Å². The molecule has 1 heterocycles. The number of hydrogen-bond donors (Lipinski definition) is 2. The van der Waals surface area contributed by atoms with Crippen LogP contribution in [0, 0.1) is 18.3 Å². The molecule has 1 spiro atoms. The first-order chi connectivity index (χ1) is 9.51. The molecule has 0 aromatic carbocycles. The van der Waals surface area contributed by atoms with E-state index in [1.165, 1.54) is 0 Å². The number of rotatable bonds is 3. The summed E-state index contributed by atoms with van der Waals surface area (Å²) in [5.41, 5.74) is -0.818. The molecule has 0 aromatic rings. The maximum atomic E-state index is 12.5. The molecule has 108 valence electrons. The molecule has 0 aromatic heterocycles. The number of amides is 4. The minimum absolute atomic E-state index is 0.0873. The van der Waals surface area contributed by atoms with Gasteiger partial charge < -0.3 is 10.6 Å². The van der Waals surface area contributed by atoms with Crippen LogP contribution in [0.1, 0.15) is 32.6 Å². The summed E-state index contributed by atoms with van der Waals surface area (Å²) in [5, 5.41) is 5.25. The summed E-state index contributed by atoms with van der Waals surface area (Å²) < 4.78 is 0. The summed E-state index contributed by atoms with van der Waals surface area (Å²) in [5.74, 6) is 1.65. The van der Waals surface area contributed by atoms with Crippen LogP contribution in [-0.4, -0.2) is 41.4 Å². The van der Waals surface area contributed by atoms with Crippen molar-refractivity contribution in [3.63, 3.8) is 0 Å². The second-order valence-corrected chi connectivity index (χ2v) is 5.42. The van der Waals surface area contributed by atoms with Crippen LogP contribution in [0.5, 0.6) is 0 Å². The lowest BCUT2D eigenvalue weighted by atomic mass is 9.73. The standard InChI is InChI=1S/C14H19N3O3/c1-3-8-15-11(18)9-17-12(19)14(16-13(17)20)7-5-4-6-10(14)2/h1,10H,4-9H2,2H3,(H,15,18)(H,16,20)/t10-,14+/m0/s1. The van der Waals surface area contributed by atoms with Crippen molar-refractivity contribution in [3.8, 4) is 12.3 Å². The molecule has 2 aliphatic rings. The largest absolute Gasteiger partial charge is 0.344 e. The second kappa shape index (κ2) is 5.53. The first-order valence-corrected chi connectivity index (χ1v) is 6.85. The summed E-state index contributed by atoms with van der Waals surface area (Å²) in [6.45, 7) is 1.78. The Hall–Kier alpha value is -2.03. The minimum Gasteiger partial charge on any atom is -0.344 e. The van der Waals surface area contributed by atoms with Gasteiger partial charge in [0, 0.05) is 0 Å². The Morgan fingerprint density at radius 1 is 1.55 bits per heavy atom. The highest BCUT2D eigenvalue weighted by molar-refractivity contribution is 6.09. The van der Waals surface area contributed by atoms with Crippen molar-refractivity contribution in [2.75, 3.05) is 13.1 Å². The van der Waals surface area contributed by atoms with E-state index in [0.717, 1.165) is 24.2 Å². The molecule has 1 saturated carbocycles. The van der Waals surface area contributed by atoms with Crippen molar-refractivity contribution < 1.29 is 14.4 Å². The van der Waals surface area contributed by atoms with Gasteiger partial charge in [0.25, 0.3) is 5.91 Å². The lowest BCUT2D eigenvalue weighted by Gasteiger charge is -2.36. The van der Waals surface area contributed by atoms with Crippen molar-refractivity contribution in [2.45, 2.75) is 38.1 Å². The van der Waals surface area contributed by atoms with E-state index in [9.17, 15) is 14.4 Å². The van der Waals surface area contributed by atoms with Gasteiger partial charge in [-0.25, -0.2) is 4.79 Å². The van der Waals surface area contributed by atoms with Gasteiger partial charge in [-0.3, -0.25) is 14.5 Å². The molecule has 2 rings (SSSR count). The van der Waals surface area contributed by atoms with Gasteiger partial charge in [-0.1, -0.05) is 25.7 Å².